The van der Waals surface area contributed by atoms with Crippen LogP contribution in [-0.2, 0) is 0 Å². The molecule has 10 heavy (non-hydrogen) atoms. The van der Waals surface area contributed by atoms with Crippen LogP contribution < -0.4 is 5.43 Å². The Bertz CT molecular complexity index is 236. The van der Waals surface area contributed by atoms with Gasteiger partial charge in [-0.3, -0.25) is 5.10 Å². The molecule has 4 heteroatoms. The van der Waals surface area contributed by atoms with E-state index in [1.807, 2.05) is 6.07 Å². The van der Waals surface area contributed by atoms with Gasteiger partial charge in [0.15, 0.2) is 0 Å². The molecule has 1 aromatic heterocycles. The lowest BCUT2D eigenvalue weighted by Gasteiger charge is -1.86. The summed E-state index contributed by atoms with van der Waals surface area (Å²) in [6.07, 6.45) is 2.71. The van der Waals surface area contributed by atoms with Crippen molar-refractivity contribution in [1.82, 2.24) is 15.6 Å². The average Bonchev–Trinajstić information content (AvgIpc) is 2.59. The van der Waals surface area contributed by atoms with Crippen molar-refractivity contribution in [3.05, 3.63) is 18.0 Å². The Kier molecular flexibility index (Phi) is 1.16. The molecule has 0 spiro atoms. The minimum Gasteiger partial charge on any atom is -0.285 e. The Morgan fingerprint density at radius 2 is 2.50 bits per heavy atom. The van der Waals surface area contributed by atoms with Crippen molar-refractivity contribution in [2.45, 2.75) is 6.42 Å². The molecule has 1 aliphatic rings. The smallest absolute Gasteiger partial charge is 0.108 e. The number of aromatic amines is 1. The van der Waals surface area contributed by atoms with Gasteiger partial charge in [-0.25, -0.2) is 0 Å². The van der Waals surface area contributed by atoms with Gasteiger partial charge in [0, 0.05) is 12.6 Å². The fourth-order valence-electron chi connectivity index (χ4n) is 0.942. The van der Waals surface area contributed by atoms with Crippen LogP contribution in [0.4, 0.5) is 0 Å². The highest BCUT2D eigenvalue weighted by atomic mass is 15.3. The van der Waals surface area contributed by atoms with Crippen LogP contribution in [0.3, 0.4) is 0 Å². The van der Waals surface area contributed by atoms with Crippen LogP contribution in [-0.4, -0.2) is 22.5 Å². The van der Waals surface area contributed by atoms with Gasteiger partial charge in [-0.1, -0.05) is 0 Å². The Hall–Kier alpha value is -1.32. The third kappa shape index (κ3) is 0.775. The zero-order valence-corrected chi connectivity index (χ0v) is 5.41. The van der Waals surface area contributed by atoms with E-state index in [1.165, 1.54) is 0 Å². The Morgan fingerprint density at radius 3 is 3.10 bits per heavy atom. The molecule has 51 valence electrons. The second-order valence-electron chi connectivity index (χ2n) is 2.12. The second kappa shape index (κ2) is 2.13. The predicted molar refractivity (Wildman–Crippen MR) is 36.7 cm³/mol. The number of nitrogens with one attached hydrogen (secondary N) is 1. The maximum atomic E-state index is 3.98. The first kappa shape index (κ1) is 5.46. The molecule has 1 radical (unpaired) electrons. The van der Waals surface area contributed by atoms with E-state index in [4.69, 9.17) is 0 Å². The molecule has 0 saturated carbocycles. The number of H-pyrrole nitrogens is 1. The molecule has 0 saturated heterocycles. The van der Waals surface area contributed by atoms with Crippen LogP contribution in [0, 0.1) is 0 Å². The quantitative estimate of drug-likeness (QED) is 0.584. The van der Waals surface area contributed by atoms with Crippen LogP contribution in [0.5, 0.6) is 0 Å². The highest BCUT2D eigenvalue weighted by Crippen LogP contribution is 2.03. The highest BCUT2D eigenvalue weighted by Gasteiger charge is 2.10. The predicted octanol–water partition coefficient (Wildman–Crippen LogP) is 0.122. The Balaban J connectivity index is 2.28. The molecule has 0 atom stereocenters. The molecule has 1 aliphatic heterocycles. The standard InChI is InChI=1S/C6H7N4/c1-3-7-9-5(1)6-2-4-8-10-6/h1,3H,2,4H2,(H,7,9). The van der Waals surface area contributed by atoms with Gasteiger partial charge in [0.05, 0.1) is 12.3 Å². The third-order valence-electron chi connectivity index (χ3n) is 1.44. The van der Waals surface area contributed by atoms with Crippen molar-refractivity contribution in [1.29, 1.82) is 0 Å². The first-order chi connectivity index (χ1) is 4.97. The van der Waals surface area contributed by atoms with Gasteiger partial charge in [0.25, 0.3) is 0 Å². The summed E-state index contributed by atoms with van der Waals surface area (Å²) in [6.45, 7) is 0.808. The van der Waals surface area contributed by atoms with Crippen LogP contribution in [0.2, 0.25) is 0 Å². The molecule has 1 aromatic rings. The lowest BCUT2D eigenvalue weighted by molar-refractivity contribution is 0.795. The molecule has 4 nitrogen and oxygen atoms in total. The van der Waals surface area contributed by atoms with E-state index in [9.17, 15) is 0 Å². The average molecular weight is 135 g/mol. The maximum absolute atomic E-state index is 3.98. The zero-order chi connectivity index (χ0) is 6.81. The van der Waals surface area contributed by atoms with Crippen molar-refractivity contribution in [3.8, 4) is 0 Å². The molecule has 0 fully saturated rings. The van der Waals surface area contributed by atoms with Crippen molar-refractivity contribution in [3.63, 3.8) is 0 Å². The van der Waals surface area contributed by atoms with Crippen LogP contribution in [0.15, 0.2) is 17.4 Å². The number of hydrogen-bond donors (Lipinski definition) is 1. The normalized spacial score (nSPS) is 16.6. The van der Waals surface area contributed by atoms with E-state index in [0.717, 1.165) is 24.4 Å². The van der Waals surface area contributed by atoms with Crippen molar-refractivity contribution >= 4 is 5.71 Å². The largest absolute Gasteiger partial charge is 0.285 e. The Morgan fingerprint density at radius 1 is 1.50 bits per heavy atom. The van der Waals surface area contributed by atoms with Crippen LogP contribution in [0.1, 0.15) is 12.1 Å². The topological polar surface area (TPSA) is 55.1 Å². The summed E-state index contributed by atoms with van der Waals surface area (Å²) in [6, 6.07) is 1.90. The molecular weight excluding hydrogens is 128 g/mol. The molecule has 0 amide bonds. The summed E-state index contributed by atoms with van der Waals surface area (Å²) >= 11 is 0. The van der Waals surface area contributed by atoms with Gasteiger partial charge in [0.1, 0.15) is 5.69 Å². The van der Waals surface area contributed by atoms with Crippen molar-refractivity contribution in [2.24, 2.45) is 5.10 Å². The van der Waals surface area contributed by atoms with E-state index in [0.29, 0.717) is 0 Å². The molecular formula is C6H7N4. The molecule has 2 rings (SSSR count). The minimum absolute atomic E-state index is 0.808. The number of nitrogens with zero attached hydrogens (tertiary/aromatic N) is 3. The lowest BCUT2D eigenvalue weighted by Crippen LogP contribution is -1.97. The van der Waals surface area contributed by atoms with E-state index in [1.54, 1.807) is 6.20 Å². The first-order valence-electron chi connectivity index (χ1n) is 3.20. The summed E-state index contributed by atoms with van der Waals surface area (Å²) in [4.78, 5) is 0. The molecule has 2 heterocycles. The summed E-state index contributed by atoms with van der Waals surface area (Å²) in [5.74, 6) is 0. The molecule has 0 aromatic carbocycles. The monoisotopic (exact) mass is 135 g/mol. The number of aromatic nitrogens is 2. The Labute approximate surface area is 58.3 Å². The fourth-order valence-corrected chi connectivity index (χ4v) is 0.942. The maximum Gasteiger partial charge on any atom is 0.108 e. The highest BCUT2D eigenvalue weighted by molar-refractivity contribution is 5.99. The summed E-state index contributed by atoms with van der Waals surface area (Å²) in [7, 11) is 0. The van der Waals surface area contributed by atoms with Gasteiger partial charge >= 0.3 is 0 Å². The van der Waals surface area contributed by atoms with E-state index in [2.05, 4.69) is 20.7 Å². The van der Waals surface area contributed by atoms with E-state index >= 15 is 0 Å². The summed E-state index contributed by atoms with van der Waals surface area (Å²) in [5.41, 5.74) is 5.76. The third-order valence-corrected chi connectivity index (χ3v) is 1.44. The van der Waals surface area contributed by atoms with Gasteiger partial charge in [-0.05, 0) is 6.07 Å². The summed E-state index contributed by atoms with van der Waals surface area (Å²) < 4.78 is 0. The number of hydrogen-bond acceptors (Lipinski definition) is 2. The molecule has 1 N–H and O–H groups in total. The van der Waals surface area contributed by atoms with Crippen LogP contribution >= 0.6 is 0 Å². The van der Waals surface area contributed by atoms with Gasteiger partial charge in [-0.15, -0.1) is 0 Å². The van der Waals surface area contributed by atoms with Gasteiger partial charge in [0.2, 0.25) is 0 Å². The van der Waals surface area contributed by atoms with Crippen molar-refractivity contribution in [2.75, 3.05) is 6.54 Å². The minimum atomic E-state index is 0.808. The summed E-state index contributed by atoms with van der Waals surface area (Å²) in [5, 5.41) is 10.7. The van der Waals surface area contributed by atoms with Crippen molar-refractivity contribution < 1.29 is 0 Å². The molecule has 0 bridgehead atoms. The lowest BCUT2D eigenvalue weighted by atomic mass is 10.2. The van der Waals surface area contributed by atoms with Crippen LogP contribution in [0.25, 0.3) is 0 Å². The molecule has 0 aliphatic carbocycles. The zero-order valence-electron chi connectivity index (χ0n) is 5.41. The first-order valence-corrected chi connectivity index (χ1v) is 3.20. The van der Waals surface area contributed by atoms with Gasteiger partial charge in [-0.2, -0.15) is 15.6 Å². The SMILES string of the molecule is c1cc(C2=N[N]CC2)n[nH]1. The van der Waals surface area contributed by atoms with Gasteiger partial charge < -0.3 is 0 Å². The van der Waals surface area contributed by atoms with E-state index < -0.39 is 0 Å². The second-order valence-corrected chi connectivity index (χ2v) is 2.12. The fraction of sp³-hybridized carbons (Fsp3) is 0.333. The number of rotatable bonds is 1. The molecule has 0 unspecified atom stereocenters. The van der Waals surface area contributed by atoms with E-state index in [-0.39, 0.29) is 0 Å².